The van der Waals surface area contributed by atoms with Gasteiger partial charge in [-0.3, -0.25) is 4.79 Å². The van der Waals surface area contributed by atoms with Gasteiger partial charge in [0.25, 0.3) is 0 Å². The first-order chi connectivity index (χ1) is 13.2. The molecule has 0 bridgehead atoms. The molecule has 0 radical (unpaired) electrons. The third kappa shape index (κ3) is 5.19. The Hall–Kier alpha value is -2.61. The molecule has 0 unspecified atom stereocenters. The van der Waals surface area contributed by atoms with Crippen molar-refractivity contribution in [1.29, 1.82) is 0 Å². The number of rotatable bonds is 9. The first kappa shape index (κ1) is 19.2. The SMILES string of the molecule is CCOc1cc(-c2noc(CCC(=O)NC[C@@H]3CCCO3)n2)ccc1OC. The van der Waals surface area contributed by atoms with E-state index in [2.05, 4.69) is 15.5 Å². The van der Waals surface area contributed by atoms with E-state index in [0.29, 0.717) is 49.2 Å². The fourth-order valence-corrected chi connectivity index (χ4v) is 2.90. The van der Waals surface area contributed by atoms with E-state index in [4.69, 9.17) is 18.7 Å². The summed E-state index contributed by atoms with van der Waals surface area (Å²) in [6, 6.07) is 5.45. The van der Waals surface area contributed by atoms with E-state index in [1.165, 1.54) is 0 Å². The smallest absolute Gasteiger partial charge is 0.227 e. The molecular formula is C19H25N3O5. The number of carbonyl (C=O) groups excluding carboxylic acids is 1. The van der Waals surface area contributed by atoms with Gasteiger partial charge in [0.2, 0.25) is 17.6 Å². The molecule has 0 saturated carbocycles. The second-order valence-electron chi connectivity index (χ2n) is 6.25. The predicted octanol–water partition coefficient (Wildman–Crippen LogP) is 2.37. The third-order valence-electron chi connectivity index (χ3n) is 4.31. The summed E-state index contributed by atoms with van der Waals surface area (Å²) in [5, 5.41) is 6.88. The van der Waals surface area contributed by atoms with E-state index in [1.807, 2.05) is 19.1 Å². The van der Waals surface area contributed by atoms with Gasteiger partial charge >= 0.3 is 0 Å². The van der Waals surface area contributed by atoms with Gasteiger partial charge in [-0.05, 0) is 38.0 Å². The normalized spacial score (nSPS) is 16.3. The molecule has 2 heterocycles. The summed E-state index contributed by atoms with van der Waals surface area (Å²) in [6.07, 6.45) is 2.87. The quantitative estimate of drug-likeness (QED) is 0.719. The lowest BCUT2D eigenvalue weighted by molar-refractivity contribution is -0.121. The van der Waals surface area contributed by atoms with E-state index >= 15 is 0 Å². The van der Waals surface area contributed by atoms with E-state index in [-0.39, 0.29) is 12.0 Å². The van der Waals surface area contributed by atoms with Crippen LogP contribution in [0.2, 0.25) is 0 Å². The zero-order chi connectivity index (χ0) is 19.1. The summed E-state index contributed by atoms with van der Waals surface area (Å²) in [5.74, 6) is 2.09. The van der Waals surface area contributed by atoms with Crippen LogP contribution in [0.5, 0.6) is 11.5 Å². The number of ether oxygens (including phenoxy) is 3. The highest BCUT2D eigenvalue weighted by atomic mass is 16.5. The Bertz CT molecular complexity index is 756. The number of hydrogen-bond donors (Lipinski definition) is 1. The van der Waals surface area contributed by atoms with Crippen LogP contribution >= 0.6 is 0 Å². The maximum atomic E-state index is 12.0. The van der Waals surface area contributed by atoms with Gasteiger partial charge < -0.3 is 24.1 Å². The van der Waals surface area contributed by atoms with Gasteiger partial charge in [0.05, 0.1) is 19.8 Å². The largest absolute Gasteiger partial charge is 0.493 e. The number of hydrogen-bond acceptors (Lipinski definition) is 7. The number of aryl methyl sites for hydroxylation is 1. The number of amides is 1. The van der Waals surface area contributed by atoms with Gasteiger partial charge in [-0.1, -0.05) is 5.16 Å². The predicted molar refractivity (Wildman–Crippen MR) is 97.8 cm³/mol. The Morgan fingerprint density at radius 3 is 3.00 bits per heavy atom. The molecule has 1 aliphatic rings. The number of nitrogens with zero attached hydrogens (tertiary/aromatic N) is 2. The fourth-order valence-electron chi connectivity index (χ4n) is 2.90. The zero-order valence-electron chi connectivity index (χ0n) is 15.7. The lowest BCUT2D eigenvalue weighted by Gasteiger charge is -2.10. The van der Waals surface area contributed by atoms with Crippen LogP contribution in [0.15, 0.2) is 22.7 Å². The minimum atomic E-state index is -0.0478. The average Bonchev–Trinajstić information content (AvgIpc) is 3.37. The second kappa shape index (κ2) is 9.36. The molecule has 8 heteroatoms. The highest BCUT2D eigenvalue weighted by Crippen LogP contribution is 2.31. The fraction of sp³-hybridized carbons (Fsp3) is 0.526. The monoisotopic (exact) mass is 375 g/mol. The first-order valence-corrected chi connectivity index (χ1v) is 9.21. The van der Waals surface area contributed by atoms with Crippen LogP contribution in [0, 0.1) is 0 Å². The van der Waals surface area contributed by atoms with Crippen LogP contribution in [0.25, 0.3) is 11.4 Å². The Kier molecular flexibility index (Phi) is 6.64. The maximum absolute atomic E-state index is 12.0. The third-order valence-corrected chi connectivity index (χ3v) is 4.31. The standard InChI is InChI=1S/C19H25N3O5/c1-3-25-16-11-13(6-7-15(16)24-2)19-21-18(27-22-19)9-8-17(23)20-12-14-5-4-10-26-14/h6-7,11,14H,3-5,8-10,12H2,1-2H3,(H,20,23)/t14-/m0/s1. The molecule has 1 fully saturated rings. The Balaban J connectivity index is 1.54. The van der Waals surface area contributed by atoms with Gasteiger partial charge in [0, 0.05) is 31.6 Å². The van der Waals surface area contributed by atoms with Gasteiger partial charge in [0.15, 0.2) is 11.5 Å². The highest BCUT2D eigenvalue weighted by Gasteiger charge is 2.17. The van der Waals surface area contributed by atoms with Crippen LogP contribution in [0.3, 0.4) is 0 Å². The summed E-state index contributed by atoms with van der Waals surface area (Å²) in [5.41, 5.74) is 0.761. The number of carbonyl (C=O) groups is 1. The van der Waals surface area contributed by atoms with Crippen molar-refractivity contribution in [3.63, 3.8) is 0 Å². The molecule has 1 N–H and O–H groups in total. The summed E-state index contributed by atoms with van der Waals surface area (Å²) in [6.45, 7) is 3.77. The zero-order valence-corrected chi connectivity index (χ0v) is 15.7. The van der Waals surface area contributed by atoms with Gasteiger partial charge in [-0.2, -0.15) is 4.98 Å². The molecule has 1 saturated heterocycles. The second-order valence-corrected chi connectivity index (χ2v) is 6.25. The molecule has 3 rings (SSSR count). The summed E-state index contributed by atoms with van der Waals surface area (Å²) < 4.78 is 21.6. The van der Waals surface area contributed by atoms with Crippen LogP contribution in [0.1, 0.15) is 32.1 Å². The molecule has 146 valence electrons. The number of benzene rings is 1. The van der Waals surface area contributed by atoms with Crippen molar-refractivity contribution in [2.75, 3.05) is 26.9 Å². The van der Waals surface area contributed by atoms with Crippen molar-refractivity contribution in [2.24, 2.45) is 0 Å². The van der Waals surface area contributed by atoms with Crippen LogP contribution in [-0.2, 0) is 16.0 Å². The van der Waals surface area contributed by atoms with Crippen molar-refractivity contribution in [3.8, 4) is 22.9 Å². The summed E-state index contributed by atoms with van der Waals surface area (Å²) >= 11 is 0. The summed E-state index contributed by atoms with van der Waals surface area (Å²) in [4.78, 5) is 16.3. The molecule has 1 aliphatic heterocycles. The van der Waals surface area contributed by atoms with Gasteiger partial charge in [-0.15, -0.1) is 0 Å². The Labute approximate surface area is 158 Å². The Morgan fingerprint density at radius 1 is 1.37 bits per heavy atom. The number of methoxy groups -OCH3 is 1. The minimum absolute atomic E-state index is 0.0478. The average molecular weight is 375 g/mol. The summed E-state index contributed by atoms with van der Waals surface area (Å²) in [7, 11) is 1.59. The van der Waals surface area contributed by atoms with Crippen LogP contribution in [-0.4, -0.2) is 49.0 Å². The lowest BCUT2D eigenvalue weighted by Crippen LogP contribution is -2.31. The molecule has 1 amide bonds. The molecular weight excluding hydrogens is 350 g/mol. The van der Waals surface area contributed by atoms with Crippen LogP contribution in [0.4, 0.5) is 0 Å². The molecule has 0 aliphatic carbocycles. The lowest BCUT2D eigenvalue weighted by atomic mass is 10.2. The van der Waals surface area contributed by atoms with Crippen molar-refractivity contribution in [1.82, 2.24) is 15.5 Å². The topological polar surface area (TPSA) is 95.7 Å². The molecule has 27 heavy (non-hydrogen) atoms. The number of aromatic nitrogens is 2. The van der Waals surface area contributed by atoms with E-state index in [9.17, 15) is 4.79 Å². The van der Waals surface area contributed by atoms with Crippen molar-refractivity contribution in [3.05, 3.63) is 24.1 Å². The van der Waals surface area contributed by atoms with Gasteiger partial charge in [-0.25, -0.2) is 0 Å². The van der Waals surface area contributed by atoms with E-state index in [1.54, 1.807) is 13.2 Å². The molecule has 8 nitrogen and oxygen atoms in total. The van der Waals surface area contributed by atoms with E-state index in [0.717, 1.165) is 25.0 Å². The van der Waals surface area contributed by atoms with Gasteiger partial charge in [0.1, 0.15) is 0 Å². The maximum Gasteiger partial charge on any atom is 0.227 e. The highest BCUT2D eigenvalue weighted by molar-refractivity contribution is 5.76. The molecule has 1 aromatic carbocycles. The molecule has 1 atom stereocenters. The first-order valence-electron chi connectivity index (χ1n) is 9.21. The van der Waals surface area contributed by atoms with Crippen molar-refractivity contribution in [2.45, 2.75) is 38.7 Å². The molecule has 0 spiro atoms. The molecule has 2 aromatic rings. The van der Waals surface area contributed by atoms with Crippen molar-refractivity contribution < 1.29 is 23.5 Å². The van der Waals surface area contributed by atoms with Crippen LogP contribution < -0.4 is 14.8 Å². The Morgan fingerprint density at radius 2 is 2.26 bits per heavy atom. The van der Waals surface area contributed by atoms with Crippen molar-refractivity contribution >= 4 is 5.91 Å². The minimum Gasteiger partial charge on any atom is -0.493 e. The number of nitrogens with one attached hydrogen (secondary N) is 1. The van der Waals surface area contributed by atoms with E-state index < -0.39 is 0 Å². The molecule has 1 aromatic heterocycles.